The van der Waals surface area contributed by atoms with Crippen molar-refractivity contribution >= 4 is 34.2 Å². The molecule has 0 saturated heterocycles. The van der Waals surface area contributed by atoms with E-state index in [0.717, 1.165) is 16.9 Å². The molecular weight excluding hydrogens is 354 g/mol. The number of methoxy groups -OCH3 is 2. The average Bonchev–Trinajstić information content (AvgIpc) is 2.97. The van der Waals surface area contributed by atoms with Gasteiger partial charge in [-0.05, 0) is 24.5 Å². The highest BCUT2D eigenvalue weighted by molar-refractivity contribution is 7.18. The monoisotopic (exact) mass is 375 g/mol. The molecule has 7 heteroatoms. The SMILES string of the molecule is CC[C@H](C(=O)Nc1sc(C(=O)OC)c(C)c1C(=O)OC)c1ccccc1. The molecule has 1 amide bonds. The van der Waals surface area contributed by atoms with Crippen LogP contribution in [-0.2, 0) is 14.3 Å². The fourth-order valence-corrected chi connectivity index (χ4v) is 3.81. The molecule has 2 rings (SSSR count). The zero-order valence-electron chi connectivity index (χ0n) is 15.1. The first-order valence-corrected chi connectivity index (χ1v) is 8.92. The van der Waals surface area contributed by atoms with Crippen molar-refractivity contribution in [2.45, 2.75) is 26.2 Å². The maximum atomic E-state index is 12.8. The predicted octanol–water partition coefficient (Wildman–Crippen LogP) is 3.76. The first-order valence-electron chi connectivity index (χ1n) is 8.10. The van der Waals surface area contributed by atoms with Crippen molar-refractivity contribution < 1.29 is 23.9 Å². The summed E-state index contributed by atoms with van der Waals surface area (Å²) >= 11 is 1.01. The first-order chi connectivity index (χ1) is 12.4. The van der Waals surface area contributed by atoms with Gasteiger partial charge in [-0.25, -0.2) is 9.59 Å². The Bertz CT molecular complexity index is 813. The number of hydrogen-bond donors (Lipinski definition) is 1. The molecule has 0 spiro atoms. The van der Waals surface area contributed by atoms with Crippen LogP contribution in [0.2, 0.25) is 0 Å². The van der Waals surface area contributed by atoms with Gasteiger partial charge >= 0.3 is 11.9 Å². The predicted molar refractivity (Wildman–Crippen MR) is 99.8 cm³/mol. The van der Waals surface area contributed by atoms with E-state index in [2.05, 4.69) is 5.32 Å². The van der Waals surface area contributed by atoms with Crippen LogP contribution in [0.1, 0.15) is 50.4 Å². The molecule has 2 aromatic rings. The van der Waals surface area contributed by atoms with Gasteiger partial charge in [-0.3, -0.25) is 4.79 Å². The zero-order valence-corrected chi connectivity index (χ0v) is 15.9. The quantitative estimate of drug-likeness (QED) is 0.778. The lowest BCUT2D eigenvalue weighted by atomic mass is 9.95. The highest BCUT2D eigenvalue weighted by atomic mass is 32.1. The summed E-state index contributed by atoms with van der Waals surface area (Å²) in [6.45, 7) is 3.54. The van der Waals surface area contributed by atoms with Crippen molar-refractivity contribution in [2.75, 3.05) is 19.5 Å². The summed E-state index contributed by atoms with van der Waals surface area (Å²) in [5.74, 6) is -1.79. The highest BCUT2D eigenvalue weighted by Crippen LogP contribution is 2.35. The molecule has 6 nitrogen and oxygen atoms in total. The van der Waals surface area contributed by atoms with Gasteiger partial charge < -0.3 is 14.8 Å². The first kappa shape index (κ1) is 19.7. The molecule has 0 aliphatic rings. The summed E-state index contributed by atoms with van der Waals surface area (Å²) in [5, 5.41) is 3.07. The molecule has 1 aromatic carbocycles. The summed E-state index contributed by atoms with van der Waals surface area (Å²) in [4.78, 5) is 37.1. The zero-order chi connectivity index (χ0) is 19.3. The summed E-state index contributed by atoms with van der Waals surface area (Å²) in [6.07, 6.45) is 0.595. The number of esters is 2. The molecule has 0 aliphatic heterocycles. The second-order valence-electron chi connectivity index (χ2n) is 5.60. The van der Waals surface area contributed by atoms with E-state index >= 15 is 0 Å². The third kappa shape index (κ3) is 3.94. The Hall–Kier alpha value is -2.67. The van der Waals surface area contributed by atoms with E-state index in [4.69, 9.17) is 9.47 Å². The van der Waals surface area contributed by atoms with Crippen molar-refractivity contribution in [1.82, 2.24) is 0 Å². The highest BCUT2D eigenvalue weighted by Gasteiger charge is 2.28. The second-order valence-corrected chi connectivity index (χ2v) is 6.62. The molecule has 1 aromatic heterocycles. The third-order valence-electron chi connectivity index (χ3n) is 4.07. The smallest absolute Gasteiger partial charge is 0.348 e. The third-order valence-corrected chi connectivity index (χ3v) is 5.26. The molecular formula is C19H21NO5S. The largest absolute Gasteiger partial charge is 0.465 e. The van der Waals surface area contributed by atoms with Crippen LogP contribution in [0.5, 0.6) is 0 Å². The van der Waals surface area contributed by atoms with Crippen LogP contribution in [0.4, 0.5) is 5.00 Å². The Balaban J connectivity index is 2.39. The average molecular weight is 375 g/mol. The lowest BCUT2D eigenvalue weighted by molar-refractivity contribution is -0.117. The van der Waals surface area contributed by atoms with Crippen LogP contribution in [-0.4, -0.2) is 32.1 Å². The van der Waals surface area contributed by atoms with Gasteiger partial charge in [0.25, 0.3) is 0 Å². The minimum absolute atomic E-state index is 0.175. The Labute approximate surface area is 156 Å². The second kappa shape index (κ2) is 8.62. The van der Waals surface area contributed by atoms with E-state index in [-0.39, 0.29) is 27.3 Å². The van der Waals surface area contributed by atoms with Crippen LogP contribution in [0.25, 0.3) is 0 Å². The normalized spacial score (nSPS) is 11.5. The molecule has 0 fully saturated rings. The molecule has 0 unspecified atom stereocenters. The lowest BCUT2D eigenvalue weighted by Gasteiger charge is -2.15. The molecule has 0 saturated carbocycles. The van der Waals surface area contributed by atoms with Crippen LogP contribution >= 0.6 is 11.3 Å². The molecule has 26 heavy (non-hydrogen) atoms. The Morgan fingerprint density at radius 3 is 2.23 bits per heavy atom. The Morgan fingerprint density at radius 2 is 1.69 bits per heavy atom. The number of amides is 1. The van der Waals surface area contributed by atoms with E-state index in [1.165, 1.54) is 14.2 Å². The van der Waals surface area contributed by atoms with E-state index in [9.17, 15) is 14.4 Å². The molecule has 0 radical (unpaired) electrons. The molecule has 0 bridgehead atoms. The van der Waals surface area contributed by atoms with Crippen molar-refractivity contribution in [3.8, 4) is 0 Å². The molecule has 1 atom stereocenters. The minimum atomic E-state index is -0.614. The Kier molecular flexibility index (Phi) is 6.52. The summed E-state index contributed by atoms with van der Waals surface area (Å²) in [7, 11) is 2.52. The van der Waals surface area contributed by atoms with Gasteiger partial charge in [0, 0.05) is 0 Å². The van der Waals surface area contributed by atoms with Crippen molar-refractivity contribution in [3.63, 3.8) is 0 Å². The van der Waals surface area contributed by atoms with Crippen LogP contribution in [0.3, 0.4) is 0 Å². The number of carbonyl (C=O) groups is 3. The number of rotatable bonds is 6. The number of carbonyl (C=O) groups excluding carboxylic acids is 3. The maximum Gasteiger partial charge on any atom is 0.348 e. The van der Waals surface area contributed by atoms with E-state index in [0.29, 0.717) is 12.0 Å². The number of thiophene rings is 1. The summed E-state index contributed by atoms with van der Waals surface area (Å²) in [6, 6.07) is 9.39. The number of ether oxygens (including phenoxy) is 2. The summed E-state index contributed by atoms with van der Waals surface area (Å²) in [5.41, 5.74) is 1.49. The lowest BCUT2D eigenvalue weighted by Crippen LogP contribution is -2.21. The fourth-order valence-electron chi connectivity index (χ4n) is 2.69. The van der Waals surface area contributed by atoms with Gasteiger partial charge in [-0.1, -0.05) is 37.3 Å². The van der Waals surface area contributed by atoms with Crippen LogP contribution in [0, 0.1) is 6.92 Å². The van der Waals surface area contributed by atoms with Crippen molar-refractivity contribution in [1.29, 1.82) is 0 Å². The van der Waals surface area contributed by atoms with Crippen LogP contribution in [0.15, 0.2) is 30.3 Å². The van der Waals surface area contributed by atoms with Gasteiger partial charge in [-0.2, -0.15) is 0 Å². The standard InChI is InChI=1S/C19H21NO5S/c1-5-13(12-9-7-6-8-10-12)16(21)20-17-14(18(22)24-3)11(2)15(26-17)19(23)25-4/h6-10,13H,5H2,1-4H3,(H,20,21)/t13-/m0/s1. The van der Waals surface area contributed by atoms with Gasteiger partial charge in [0.15, 0.2) is 0 Å². The number of anilines is 1. The molecule has 1 heterocycles. The van der Waals surface area contributed by atoms with E-state index < -0.39 is 11.9 Å². The topological polar surface area (TPSA) is 81.7 Å². The number of hydrogen-bond acceptors (Lipinski definition) is 6. The van der Waals surface area contributed by atoms with Crippen molar-refractivity contribution in [3.05, 3.63) is 51.9 Å². The maximum absolute atomic E-state index is 12.8. The van der Waals surface area contributed by atoms with E-state index in [1.807, 2.05) is 37.3 Å². The molecule has 0 aliphatic carbocycles. The minimum Gasteiger partial charge on any atom is -0.465 e. The number of nitrogens with one attached hydrogen (secondary N) is 1. The van der Waals surface area contributed by atoms with Gasteiger partial charge in [0.05, 0.1) is 25.7 Å². The van der Waals surface area contributed by atoms with Gasteiger partial charge in [0.1, 0.15) is 9.88 Å². The fraction of sp³-hybridized carbons (Fsp3) is 0.316. The summed E-state index contributed by atoms with van der Waals surface area (Å²) < 4.78 is 9.55. The molecule has 1 N–H and O–H groups in total. The Morgan fingerprint density at radius 1 is 1.08 bits per heavy atom. The van der Waals surface area contributed by atoms with Gasteiger partial charge in [-0.15, -0.1) is 11.3 Å². The van der Waals surface area contributed by atoms with E-state index in [1.54, 1.807) is 6.92 Å². The van der Waals surface area contributed by atoms with Gasteiger partial charge in [0.2, 0.25) is 5.91 Å². The van der Waals surface area contributed by atoms with Crippen LogP contribution < -0.4 is 5.32 Å². The number of benzene rings is 1. The molecule has 138 valence electrons. The van der Waals surface area contributed by atoms with Crippen molar-refractivity contribution in [2.24, 2.45) is 0 Å².